The predicted octanol–water partition coefficient (Wildman–Crippen LogP) is 6.28. The molecule has 8 heteroatoms. The zero-order chi connectivity index (χ0) is 22.5. The van der Waals surface area contributed by atoms with E-state index in [4.69, 9.17) is 23.2 Å². The van der Waals surface area contributed by atoms with E-state index in [1.54, 1.807) is 54.7 Å². The van der Waals surface area contributed by atoms with Crippen LogP contribution in [0.15, 0.2) is 90.2 Å². The highest BCUT2D eigenvalue weighted by molar-refractivity contribution is 7.99. The van der Waals surface area contributed by atoms with Crippen molar-refractivity contribution in [3.05, 3.63) is 101 Å². The van der Waals surface area contributed by atoms with E-state index in [2.05, 4.69) is 10.3 Å². The number of benzene rings is 3. The van der Waals surface area contributed by atoms with Gasteiger partial charge in [-0.3, -0.25) is 14.2 Å². The van der Waals surface area contributed by atoms with Gasteiger partial charge in [0.25, 0.3) is 5.91 Å². The van der Waals surface area contributed by atoms with Crippen LogP contribution in [0.4, 0.5) is 5.69 Å². The van der Waals surface area contributed by atoms with Gasteiger partial charge in [0.05, 0.1) is 28.2 Å². The Morgan fingerprint density at radius 3 is 2.31 bits per heavy atom. The number of hydrogen-bond acceptors (Lipinski definition) is 4. The van der Waals surface area contributed by atoms with Crippen LogP contribution >= 0.6 is 35.0 Å². The molecule has 160 valence electrons. The van der Waals surface area contributed by atoms with Crippen molar-refractivity contribution in [1.29, 1.82) is 0 Å². The maximum atomic E-state index is 13.4. The van der Waals surface area contributed by atoms with Crippen molar-refractivity contribution in [3.63, 3.8) is 0 Å². The molecule has 1 aromatic heterocycles. The fraction of sp³-hybridized carbons (Fsp3) is 0.0417. The van der Waals surface area contributed by atoms with Crippen molar-refractivity contribution in [2.75, 3.05) is 11.1 Å². The van der Waals surface area contributed by atoms with Gasteiger partial charge in [-0.05, 0) is 36.4 Å². The number of nitrogens with zero attached hydrogens (tertiary/aromatic N) is 2. The van der Waals surface area contributed by atoms with Crippen molar-refractivity contribution in [3.8, 4) is 11.3 Å². The average molecular weight is 482 g/mol. The first kappa shape index (κ1) is 22.1. The van der Waals surface area contributed by atoms with Gasteiger partial charge in [-0.15, -0.1) is 0 Å². The largest absolute Gasteiger partial charge is 0.325 e. The summed E-state index contributed by atoms with van der Waals surface area (Å²) in [5.41, 5.74) is 2.45. The van der Waals surface area contributed by atoms with Gasteiger partial charge in [0.15, 0.2) is 5.16 Å². The Balaban J connectivity index is 1.61. The summed E-state index contributed by atoms with van der Waals surface area (Å²) in [6.45, 7) is 0. The van der Waals surface area contributed by atoms with Crippen LogP contribution in [0.5, 0.6) is 0 Å². The molecule has 0 fully saturated rings. The van der Waals surface area contributed by atoms with E-state index in [1.165, 1.54) is 16.3 Å². The predicted molar refractivity (Wildman–Crippen MR) is 130 cm³/mol. The number of anilines is 1. The van der Waals surface area contributed by atoms with Crippen LogP contribution in [0, 0.1) is 0 Å². The summed E-state index contributed by atoms with van der Waals surface area (Å²) in [6.07, 6.45) is 1.63. The molecule has 3 aromatic carbocycles. The molecule has 32 heavy (non-hydrogen) atoms. The number of thioether (sulfide) groups is 1. The van der Waals surface area contributed by atoms with Crippen LogP contribution in [0.3, 0.4) is 0 Å². The van der Waals surface area contributed by atoms with Gasteiger partial charge >= 0.3 is 0 Å². The number of aromatic nitrogens is 2. The van der Waals surface area contributed by atoms with Crippen LogP contribution in [0.2, 0.25) is 10.0 Å². The summed E-state index contributed by atoms with van der Waals surface area (Å²) in [6, 6.07) is 23.2. The second-order valence-electron chi connectivity index (χ2n) is 6.76. The highest BCUT2D eigenvalue weighted by Crippen LogP contribution is 2.29. The van der Waals surface area contributed by atoms with Gasteiger partial charge in [-0.25, -0.2) is 4.98 Å². The maximum Gasteiger partial charge on any atom is 0.266 e. The Labute approximate surface area is 199 Å². The van der Waals surface area contributed by atoms with E-state index >= 15 is 0 Å². The lowest BCUT2D eigenvalue weighted by molar-refractivity contribution is -0.113. The molecule has 5 nitrogen and oxygen atoms in total. The molecule has 1 amide bonds. The van der Waals surface area contributed by atoms with E-state index in [0.717, 1.165) is 5.56 Å². The first-order valence-electron chi connectivity index (χ1n) is 9.63. The zero-order valence-corrected chi connectivity index (χ0v) is 19.0. The monoisotopic (exact) mass is 481 g/mol. The zero-order valence-electron chi connectivity index (χ0n) is 16.7. The summed E-state index contributed by atoms with van der Waals surface area (Å²) in [4.78, 5) is 30.3. The number of hydrogen-bond donors (Lipinski definition) is 1. The number of nitrogens with one attached hydrogen (secondary N) is 1. The number of carbonyl (C=O) groups excluding carboxylic acids is 2. The highest BCUT2D eigenvalue weighted by Gasteiger charge is 2.22. The molecule has 0 radical (unpaired) electrons. The molecular weight excluding hydrogens is 465 g/mol. The van der Waals surface area contributed by atoms with Crippen molar-refractivity contribution >= 4 is 52.5 Å². The minimum atomic E-state index is -0.312. The molecular formula is C24H17Cl2N3O2S. The average Bonchev–Trinajstić information content (AvgIpc) is 3.24. The van der Waals surface area contributed by atoms with Crippen LogP contribution in [-0.2, 0) is 4.79 Å². The molecule has 0 atom stereocenters. The lowest BCUT2D eigenvalue weighted by Crippen LogP contribution is -2.17. The number of amides is 1. The summed E-state index contributed by atoms with van der Waals surface area (Å²) < 4.78 is 1.50. The molecule has 4 aromatic rings. The first-order valence-corrected chi connectivity index (χ1v) is 11.4. The fourth-order valence-electron chi connectivity index (χ4n) is 3.06. The number of halogens is 2. The first-order chi connectivity index (χ1) is 15.5. The van der Waals surface area contributed by atoms with E-state index < -0.39 is 0 Å². The smallest absolute Gasteiger partial charge is 0.266 e. The molecule has 1 heterocycles. The van der Waals surface area contributed by atoms with Gasteiger partial charge in [-0.2, -0.15) is 0 Å². The lowest BCUT2D eigenvalue weighted by atomic mass is 10.1. The van der Waals surface area contributed by atoms with Crippen molar-refractivity contribution in [2.45, 2.75) is 5.16 Å². The molecule has 0 aliphatic rings. The van der Waals surface area contributed by atoms with Crippen molar-refractivity contribution in [1.82, 2.24) is 9.55 Å². The van der Waals surface area contributed by atoms with E-state index in [9.17, 15) is 9.59 Å². The quantitative estimate of drug-likeness (QED) is 0.329. The SMILES string of the molecule is O=C(CSc1ncc(-c2ccccc2)n1C(=O)c1ccccc1Cl)Nc1ccc(Cl)cc1. The van der Waals surface area contributed by atoms with Crippen LogP contribution in [-0.4, -0.2) is 27.1 Å². The third-order valence-electron chi connectivity index (χ3n) is 4.57. The normalized spacial score (nSPS) is 10.7. The minimum absolute atomic E-state index is 0.0731. The topological polar surface area (TPSA) is 64.0 Å². The number of carbonyl (C=O) groups is 2. The van der Waals surface area contributed by atoms with Crippen LogP contribution in [0.25, 0.3) is 11.3 Å². The Hall–Kier alpha value is -3.06. The summed E-state index contributed by atoms with van der Waals surface area (Å²) in [5, 5.41) is 4.15. The molecule has 0 bridgehead atoms. The summed E-state index contributed by atoms with van der Waals surface area (Å²) in [5.74, 6) is -0.463. The standard InChI is InChI=1S/C24H17Cl2N3O2S/c25-17-10-12-18(13-11-17)28-22(30)15-32-24-27-14-21(16-6-2-1-3-7-16)29(24)23(31)19-8-4-5-9-20(19)26/h1-14H,15H2,(H,28,30). The van der Waals surface area contributed by atoms with Gasteiger partial charge in [-0.1, -0.05) is 77.4 Å². The molecule has 1 N–H and O–H groups in total. The van der Waals surface area contributed by atoms with Gasteiger partial charge in [0.1, 0.15) is 0 Å². The number of rotatable bonds is 6. The Morgan fingerprint density at radius 1 is 0.906 bits per heavy atom. The second kappa shape index (κ2) is 10.0. The van der Waals surface area contributed by atoms with Gasteiger partial charge in [0, 0.05) is 16.3 Å². The second-order valence-corrected chi connectivity index (χ2v) is 8.54. The Morgan fingerprint density at radius 2 is 1.59 bits per heavy atom. The summed E-state index contributed by atoms with van der Waals surface area (Å²) in [7, 11) is 0. The Bertz CT molecular complexity index is 1260. The van der Waals surface area contributed by atoms with E-state index in [0.29, 0.717) is 32.1 Å². The van der Waals surface area contributed by atoms with E-state index in [-0.39, 0.29) is 17.6 Å². The van der Waals surface area contributed by atoms with Crippen molar-refractivity contribution < 1.29 is 9.59 Å². The number of imidazole rings is 1. The third kappa shape index (κ3) is 5.05. The molecule has 4 rings (SSSR count). The van der Waals surface area contributed by atoms with Gasteiger partial charge in [0.2, 0.25) is 5.91 Å². The molecule has 0 aliphatic heterocycles. The minimum Gasteiger partial charge on any atom is -0.325 e. The Kier molecular flexibility index (Phi) is 6.95. The third-order valence-corrected chi connectivity index (χ3v) is 6.10. The van der Waals surface area contributed by atoms with Gasteiger partial charge < -0.3 is 5.32 Å². The van der Waals surface area contributed by atoms with Crippen LogP contribution in [0.1, 0.15) is 10.4 Å². The highest BCUT2D eigenvalue weighted by atomic mass is 35.5. The molecule has 0 unspecified atom stereocenters. The molecule has 0 saturated heterocycles. The molecule has 0 spiro atoms. The molecule has 0 aliphatic carbocycles. The molecule has 0 saturated carbocycles. The summed E-state index contributed by atoms with van der Waals surface area (Å²) >= 11 is 13.3. The lowest BCUT2D eigenvalue weighted by Gasteiger charge is -2.12. The van der Waals surface area contributed by atoms with Crippen molar-refractivity contribution in [2.24, 2.45) is 0 Å². The van der Waals surface area contributed by atoms with E-state index in [1.807, 2.05) is 30.3 Å². The maximum absolute atomic E-state index is 13.4. The van der Waals surface area contributed by atoms with Crippen LogP contribution < -0.4 is 5.32 Å². The fourth-order valence-corrected chi connectivity index (χ4v) is 4.17.